The van der Waals surface area contributed by atoms with Crippen LogP contribution in [0.5, 0.6) is 5.75 Å². The monoisotopic (exact) mass is 405 g/mol. The summed E-state index contributed by atoms with van der Waals surface area (Å²) in [6.07, 6.45) is 2.34. The van der Waals surface area contributed by atoms with Crippen molar-refractivity contribution in [3.8, 4) is 5.75 Å². The van der Waals surface area contributed by atoms with Crippen LogP contribution < -0.4 is 0 Å². The maximum Gasteiger partial charge on any atom is 0.143 e. The van der Waals surface area contributed by atoms with Gasteiger partial charge in [0.1, 0.15) is 5.75 Å². The topological polar surface area (TPSA) is 23.5 Å². The molecule has 0 atom stereocenters. The van der Waals surface area contributed by atoms with Crippen LogP contribution in [0.3, 0.4) is 0 Å². The predicted molar refractivity (Wildman–Crippen MR) is 93.1 cm³/mol. The maximum absolute atomic E-state index is 9.80. The summed E-state index contributed by atoms with van der Waals surface area (Å²) in [7, 11) is 0. The Kier molecular flexibility index (Phi) is 7.56. The van der Waals surface area contributed by atoms with Gasteiger partial charge in [0.25, 0.3) is 0 Å². The first kappa shape index (κ1) is 18.0. The summed E-state index contributed by atoms with van der Waals surface area (Å²) in [5.41, 5.74) is 1.22. The molecule has 0 heterocycles. The van der Waals surface area contributed by atoms with Crippen molar-refractivity contribution in [1.82, 2.24) is 4.90 Å². The number of aromatic hydroxyl groups is 1. The molecule has 1 rings (SSSR count). The highest BCUT2D eigenvalue weighted by molar-refractivity contribution is 9.11. The molecule has 0 aliphatic rings. The van der Waals surface area contributed by atoms with Crippen LogP contribution in [-0.4, -0.2) is 22.6 Å². The lowest BCUT2D eigenvalue weighted by Crippen LogP contribution is -2.36. The van der Waals surface area contributed by atoms with Crippen molar-refractivity contribution in [2.45, 2.75) is 53.1 Å². The van der Waals surface area contributed by atoms with E-state index in [0.29, 0.717) is 12.0 Å². The normalized spacial score (nSPS) is 11.8. The zero-order chi connectivity index (χ0) is 15.3. The smallest absolute Gasteiger partial charge is 0.143 e. The minimum absolute atomic E-state index is 0.270. The molecule has 0 bridgehead atoms. The SMILES string of the molecule is CCC(CC)N(Cc1cc(Br)c(O)c(Br)c1)CC(C)C. The minimum atomic E-state index is 0.270. The van der Waals surface area contributed by atoms with Crippen LogP contribution in [-0.2, 0) is 6.54 Å². The highest BCUT2D eigenvalue weighted by atomic mass is 79.9. The van der Waals surface area contributed by atoms with Crippen molar-refractivity contribution in [3.05, 3.63) is 26.6 Å². The van der Waals surface area contributed by atoms with Crippen LogP contribution >= 0.6 is 31.9 Å². The Morgan fingerprint density at radius 1 is 1.10 bits per heavy atom. The van der Waals surface area contributed by atoms with Crippen molar-refractivity contribution in [3.63, 3.8) is 0 Å². The zero-order valence-electron chi connectivity index (χ0n) is 12.8. The molecule has 0 saturated carbocycles. The Labute approximate surface area is 139 Å². The fourth-order valence-electron chi connectivity index (χ4n) is 2.56. The van der Waals surface area contributed by atoms with E-state index < -0.39 is 0 Å². The molecule has 0 unspecified atom stereocenters. The molecule has 0 fully saturated rings. The number of phenols is 1. The van der Waals surface area contributed by atoms with Gasteiger partial charge in [0.15, 0.2) is 0 Å². The molecule has 0 aliphatic carbocycles. The Morgan fingerprint density at radius 2 is 1.60 bits per heavy atom. The molecule has 4 heteroatoms. The highest BCUT2D eigenvalue weighted by Crippen LogP contribution is 2.34. The molecular weight excluding hydrogens is 382 g/mol. The molecule has 0 radical (unpaired) electrons. The maximum atomic E-state index is 9.80. The molecule has 114 valence electrons. The van der Waals surface area contributed by atoms with Crippen molar-refractivity contribution in [2.24, 2.45) is 5.92 Å². The van der Waals surface area contributed by atoms with Crippen molar-refractivity contribution in [2.75, 3.05) is 6.54 Å². The van der Waals surface area contributed by atoms with Gasteiger partial charge in [-0.1, -0.05) is 27.7 Å². The molecule has 0 aromatic heterocycles. The summed E-state index contributed by atoms with van der Waals surface area (Å²) in [6.45, 7) is 11.1. The number of phenolic OH excluding ortho intramolecular Hbond substituents is 1. The van der Waals surface area contributed by atoms with Gasteiger partial charge in [-0.05, 0) is 68.3 Å². The molecule has 1 aromatic rings. The number of benzene rings is 1. The minimum Gasteiger partial charge on any atom is -0.506 e. The summed E-state index contributed by atoms with van der Waals surface area (Å²) in [5.74, 6) is 0.922. The van der Waals surface area contributed by atoms with Crippen LogP contribution in [0.15, 0.2) is 21.1 Å². The first-order valence-electron chi connectivity index (χ1n) is 7.29. The molecule has 0 saturated heterocycles. The summed E-state index contributed by atoms with van der Waals surface area (Å²) in [4.78, 5) is 2.55. The standard InChI is InChI=1S/C16H25Br2NO/c1-5-13(6-2)19(9-11(3)4)10-12-7-14(17)16(20)15(18)8-12/h7-8,11,13,20H,5-6,9-10H2,1-4H3. The fourth-order valence-corrected chi connectivity index (χ4v) is 3.84. The van der Waals surface area contributed by atoms with Crippen molar-refractivity contribution >= 4 is 31.9 Å². The third-order valence-corrected chi connectivity index (χ3v) is 4.73. The van der Waals surface area contributed by atoms with E-state index in [4.69, 9.17) is 0 Å². The number of nitrogens with zero attached hydrogens (tertiary/aromatic N) is 1. The summed E-state index contributed by atoms with van der Waals surface area (Å²) >= 11 is 6.82. The molecule has 1 aromatic carbocycles. The van der Waals surface area contributed by atoms with Gasteiger partial charge in [-0.25, -0.2) is 0 Å². The van der Waals surface area contributed by atoms with E-state index >= 15 is 0 Å². The van der Waals surface area contributed by atoms with E-state index in [2.05, 4.69) is 64.5 Å². The second-order valence-corrected chi connectivity index (χ2v) is 7.41. The Hall–Kier alpha value is -0.0600. The van der Waals surface area contributed by atoms with Crippen LogP contribution in [0.2, 0.25) is 0 Å². The van der Waals surface area contributed by atoms with Gasteiger partial charge in [-0.2, -0.15) is 0 Å². The first-order valence-corrected chi connectivity index (χ1v) is 8.88. The third kappa shape index (κ3) is 5.05. The van der Waals surface area contributed by atoms with E-state index in [1.807, 2.05) is 12.1 Å². The van der Waals surface area contributed by atoms with E-state index in [9.17, 15) is 5.11 Å². The lowest BCUT2D eigenvalue weighted by molar-refractivity contribution is 0.157. The average molecular weight is 407 g/mol. The molecule has 2 nitrogen and oxygen atoms in total. The molecule has 20 heavy (non-hydrogen) atoms. The molecular formula is C16H25Br2NO. The van der Waals surface area contributed by atoms with Crippen molar-refractivity contribution < 1.29 is 5.11 Å². The first-order chi connectivity index (χ1) is 9.38. The summed E-state index contributed by atoms with van der Waals surface area (Å²) in [6, 6.07) is 4.63. The highest BCUT2D eigenvalue weighted by Gasteiger charge is 2.17. The largest absolute Gasteiger partial charge is 0.506 e. The number of hydrogen-bond acceptors (Lipinski definition) is 2. The van der Waals surface area contributed by atoms with Gasteiger partial charge in [-0.15, -0.1) is 0 Å². The van der Waals surface area contributed by atoms with E-state index in [-0.39, 0.29) is 5.75 Å². The molecule has 1 N–H and O–H groups in total. The molecule has 0 spiro atoms. The number of hydrogen-bond donors (Lipinski definition) is 1. The quantitative estimate of drug-likeness (QED) is 0.640. The van der Waals surface area contributed by atoms with Gasteiger partial charge in [0, 0.05) is 19.1 Å². The van der Waals surface area contributed by atoms with E-state index in [0.717, 1.165) is 22.0 Å². The van der Waals surface area contributed by atoms with E-state index in [1.165, 1.54) is 18.4 Å². The lowest BCUT2D eigenvalue weighted by atomic mass is 10.1. The second kappa shape index (κ2) is 8.40. The van der Waals surface area contributed by atoms with Crippen LogP contribution in [0.4, 0.5) is 0 Å². The third-order valence-electron chi connectivity index (χ3n) is 3.52. The summed E-state index contributed by atoms with van der Waals surface area (Å²) < 4.78 is 1.49. The average Bonchev–Trinajstić information content (AvgIpc) is 2.36. The lowest BCUT2D eigenvalue weighted by Gasteiger charge is -2.32. The number of halogens is 2. The van der Waals surface area contributed by atoms with Gasteiger partial charge in [0.2, 0.25) is 0 Å². The van der Waals surface area contributed by atoms with Crippen molar-refractivity contribution in [1.29, 1.82) is 0 Å². The molecule has 0 amide bonds. The Balaban J connectivity index is 2.94. The molecule has 0 aliphatic heterocycles. The van der Waals surface area contributed by atoms with Crippen LogP contribution in [0.1, 0.15) is 46.1 Å². The Bertz CT molecular complexity index is 407. The van der Waals surface area contributed by atoms with Gasteiger partial charge < -0.3 is 5.11 Å². The Morgan fingerprint density at radius 3 is 2.00 bits per heavy atom. The second-order valence-electron chi connectivity index (χ2n) is 5.70. The van der Waals surface area contributed by atoms with E-state index in [1.54, 1.807) is 0 Å². The predicted octanol–water partition coefficient (Wildman–Crippen LogP) is 5.56. The summed E-state index contributed by atoms with van der Waals surface area (Å²) in [5, 5.41) is 9.80. The zero-order valence-corrected chi connectivity index (χ0v) is 16.0. The van der Waals surface area contributed by atoms with Gasteiger partial charge >= 0.3 is 0 Å². The van der Waals surface area contributed by atoms with Crippen LogP contribution in [0, 0.1) is 5.92 Å². The van der Waals surface area contributed by atoms with Gasteiger partial charge in [0.05, 0.1) is 8.95 Å². The van der Waals surface area contributed by atoms with Crippen LogP contribution in [0.25, 0.3) is 0 Å². The number of rotatable bonds is 7. The van der Waals surface area contributed by atoms with Gasteiger partial charge in [-0.3, -0.25) is 4.90 Å². The fraction of sp³-hybridized carbons (Fsp3) is 0.625.